The van der Waals surface area contributed by atoms with Crippen molar-refractivity contribution in [2.45, 2.75) is 32.8 Å². The van der Waals surface area contributed by atoms with Crippen molar-refractivity contribution in [2.75, 3.05) is 26.2 Å². The molecule has 0 aromatic rings. The maximum Gasteiger partial charge on any atom is 0.416 e. The van der Waals surface area contributed by atoms with Crippen LogP contribution >= 0.6 is 0 Å². The van der Waals surface area contributed by atoms with E-state index in [1.54, 1.807) is 4.90 Å². The van der Waals surface area contributed by atoms with Gasteiger partial charge >= 0.3 is 12.2 Å². The minimum Gasteiger partial charge on any atom is -0.447 e. The van der Waals surface area contributed by atoms with E-state index in [0.29, 0.717) is 19.6 Å². The SMILES string of the molecule is CC(C)(C)OC(=O)N1CC(CC(=O)N2CCOC2=O)C1. The maximum atomic E-state index is 11.9. The molecule has 0 unspecified atom stereocenters. The monoisotopic (exact) mass is 284 g/mol. The van der Waals surface area contributed by atoms with E-state index in [0.717, 1.165) is 4.90 Å². The molecule has 112 valence electrons. The fourth-order valence-corrected chi connectivity index (χ4v) is 2.15. The van der Waals surface area contributed by atoms with Crippen molar-refractivity contribution in [3.8, 4) is 0 Å². The Bertz CT molecular complexity index is 423. The predicted molar refractivity (Wildman–Crippen MR) is 69.0 cm³/mol. The van der Waals surface area contributed by atoms with Crippen LogP contribution in [0.15, 0.2) is 0 Å². The van der Waals surface area contributed by atoms with Gasteiger partial charge in [0, 0.05) is 25.4 Å². The molecule has 2 heterocycles. The number of carbonyl (C=O) groups excluding carboxylic acids is 3. The van der Waals surface area contributed by atoms with E-state index in [4.69, 9.17) is 9.47 Å². The molecule has 2 aliphatic heterocycles. The zero-order valence-electron chi connectivity index (χ0n) is 12.0. The molecule has 2 fully saturated rings. The highest BCUT2D eigenvalue weighted by atomic mass is 16.6. The molecule has 2 aliphatic rings. The molecule has 0 atom stereocenters. The molecule has 0 radical (unpaired) electrons. The van der Waals surface area contributed by atoms with Gasteiger partial charge in [0.15, 0.2) is 0 Å². The lowest BCUT2D eigenvalue weighted by atomic mass is 9.96. The summed E-state index contributed by atoms with van der Waals surface area (Å²) in [7, 11) is 0. The quantitative estimate of drug-likeness (QED) is 0.762. The van der Waals surface area contributed by atoms with E-state index < -0.39 is 11.7 Å². The van der Waals surface area contributed by atoms with Gasteiger partial charge < -0.3 is 14.4 Å². The molecule has 0 N–H and O–H groups in total. The summed E-state index contributed by atoms with van der Waals surface area (Å²) < 4.78 is 9.94. The summed E-state index contributed by atoms with van der Waals surface area (Å²) in [4.78, 5) is 37.5. The van der Waals surface area contributed by atoms with E-state index in [1.165, 1.54) is 0 Å². The van der Waals surface area contributed by atoms with E-state index in [9.17, 15) is 14.4 Å². The Morgan fingerprint density at radius 3 is 2.50 bits per heavy atom. The number of cyclic esters (lactones) is 1. The fraction of sp³-hybridized carbons (Fsp3) is 0.769. The molecule has 0 aromatic carbocycles. The number of hydrogen-bond acceptors (Lipinski definition) is 5. The third-order valence-electron chi connectivity index (χ3n) is 3.13. The average molecular weight is 284 g/mol. The number of nitrogens with zero attached hydrogens (tertiary/aromatic N) is 2. The highest BCUT2D eigenvalue weighted by Crippen LogP contribution is 2.23. The van der Waals surface area contributed by atoms with Gasteiger partial charge in [-0.05, 0) is 20.8 Å². The summed E-state index contributed by atoms with van der Waals surface area (Å²) in [6.07, 6.45) is -0.672. The highest BCUT2D eigenvalue weighted by molar-refractivity contribution is 5.93. The molecule has 0 bridgehead atoms. The molecule has 2 rings (SSSR count). The zero-order chi connectivity index (χ0) is 14.9. The molecule has 7 nitrogen and oxygen atoms in total. The first-order valence-corrected chi connectivity index (χ1v) is 6.71. The first-order chi connectivity index (χ1) is 9.26. The Labute approximate surface area is 117 Å². The van der Waals surface area contributed by atoms with Crippen molar-refractivity contribution >= 4 is 18.1 Å². The van der Waals surface area contributed by atoms with Gasteiger partial charge in [-0.25, -0.2) is 14.5 Å². The predicted octanol–water partition coefficient (Wildman–Crippen LogP) is 1.22. The number of amides is 3. The summed E-state index contributed by atoms with van der Waals surface area (Å²) >= 11 is 0. The van der Waals surface area contributed by atoms with Crippen LogP contribution in [-0.4, -0.2) is 59.7 Å². The summed E-state index contributed by atoms with van der Waals surface area (Å²) in [5.41, 5.74) is -0.517. The minimum absolute atomic E-state index is 0.0865. The number of likely N-dealkylation sites (tertiary alicyclic amines) is 1. The second-order valence-corrected chi connectivity index (χ2v) is 6.12. The van der Waals surface area contributed by atoms with E-state index in [-0.39, 0.29) is 30.9 Å². The van der Waals surface area contributed by atoms with Gasteiger partial charge in [0.2, 0.25) is 5.91 Å². The maximum absolute atomic E-state index is 11.9. The first kappa shape index (κ1) is 14.6. The summed E-state index contributed by atoms with van der Waals surface area (Å²) in [6, 6.07) is 0. The van der Waals surface area contributed by atoms with Gasteiger partial charge in [-0.3, -0.25) is 4.79 Å². The summed E-state index contributed by atoms with van der Waals surface area (Å²) in [6.45, 7) is 6.99. The lowest BCUT2D eigenvalue weighted by Crippen LogP contribution is -2.53. The Kier molecular flexibility index (Phi) is 3.87. The number of hydrogen-bond donors (Lipinski definition) is 0. The Morgan fingerprint density at radius 2 is 2.00 bits per heavy atom. The van der Waals surface area contributed by atoms with Crippen LogP contribution in [0.1, 0.15) is 27.2 Å². The molecule has 0 spiro atoms. The largest absolute Gasteiger partial charge is 0.447 e. The third-order valence-corrected chi connectivity index (χ3v) is 3.13. The number of carbonyl (C=O) groups is 3. The van der Waals surface area contributed by atoms with Crippen LogP contribution in [0.3, 0.4) is 0 Å². The Hall–Kier alpha value is -1.79. The second kappa shape index (κ2) is 5.30. The molecule has 0 aliphatic carbocycles. The van der Waals surface area contributed by atoms with Gasteiger partial charge in [0.1, 0.15) is 12.2 Å². The van der Waals surface area contributed by atoms with E-state index in [2.05, 4.69) is 0 Å². The van der Waals surface area contributed by atoms with Gasteiger partial charge in [-0.2, -0.15) is 0 Å². The normalized spacial score (nSPS) is 19.6. The van der Waals surface area contributed by atoms with Crippen LogP contribution in [0.4, 0.5) is 9.59 Å². The zero-order valence-corrected chi connectivity index (χ0v) is 12.0. The van der Waals surface area contributed by atoms with Crippen molar-refractivity contribution in [3.63, 3.8) is 0 Å². The first-order valence-electron chi connectivity index (χ1n) is 6.71. The molecular formula is C13H20N2O5. The standard InChI is InChI=1S/C13H20N2O5/c1-13(2,3)20-11(17)14-7-9(8-14)6-10(16)15-4-5-19-12(15)18/h9H,4-8H2,1-3H3. The summed E-state index contributed by atoms with van der Waals surface area (Å²) in [5.74, 6) is -0.148. The van der Waals surface area contributed by atoms with Crippen molar-refractivity contribution in [1.82, 2.24) is 9.80 Å². The second-order valence-electron chi connectivity index (χ2n) is 6.12. The number of ether oxygens (including phenoxy) is 2. The molecule has 20 heavy (non-hydrogen) atoms. The van der Waals surface area contributed by atoms with Gasteiger partial charge in [-0.15, -0.1) is 0 Å². The molecule has 7 heteroatoms. The highest BCUT2D eigenvalue weighted by Gasteiger charge is 2.37. The van der Waals surface area contributed by atoms with Crippen LogP contribution in [0.5, 0.6) is 0 Å². The van der Waals surface area contributed by atoms with Crippen LogP contribution in [-0.2, 0) is 14.3 Å². The van der Waals surface area contributed by atoms with E-state index in [1.807, 2.05) is 20.8 Å². The Morgan fingerprint density at radius 1 is 1.35 bits per heavy atom. The van der Waals surface area contributed by atoms with Crippen molar-refractivity contribution < 1.29 is 23.9 Å². The molecule has 2 saturated heterocycles. The average Bonchev–Trinajstić information content (AvgIpc) is 2.66. The van der Waals surface area contributed by atoms with E-state index >= 15 is 0 Å². The third kappa shape index (κ3) is 3.40. The van der Waals surface area contributed by atoms with Crippen LogP contribution in [0.25, 0.3) is 0 Å². The smallest absolute Gasteiger partial charge is 0.416 e. The van der Waals surface area contributed by atoms with Crippen molar-refractivity contribution in [3.05, 3.63) is 0 Å². The van der Waals surface area contributed by atoms with Crippen LogP contribution < -0.4 is 0 Å². The van der Waals surface area contributed by atoms with Crippen LogP contribution in [0, 0.1) is 5.92 Å². The van der Waals surface area contributed by atoms with Gasteiger partial charge in [0.25, 0.3) is 0 Å². The number of rotatable bonds is 2. The van der Waals surface area contributed by atoms with Crippen LogP contribution in [0.2, 0.25) is 0 Å². The topological polar surface area (TPSA) is 76.2 Å². The minimum atomic E-state index is -0.571. The summed E-state index contributed by atoms with van der Waals surface area (Å²) in [5, 5.41) is 0. The van der Waals surface area contributed by atoms with Gasteiger partial charge in [-0.1, -0.05) is 0 Å². The molecule has 3 amide bonds. The number of imide groups is 1. The Balaban J connectivity index is 1.73. The molecule has 0 aromatic heterocycles. The van der Waals surface area contributed by atoms with Crippen molar-refractivity contribution in [1.29, 1.82) is 0 Å². The lowest BCUT2D eigenvalue weighted by molar-refractivity contribution is -0.130. The molecule has 0 saturated carbocycles. The molecular weight excluding hydrogens is 264 g/mol. The fourth-order valence-electron chi connectivity index (χ4n) is 2.15. The lowest BCUT2D eigenvalue weighted by Gasteiger charge is -2.39. The van der Waals surface area contributed by atoms with Gasteiger partial charge in [0.05, 0.1) is 6.54 Å². The van der Waals surface area contributed by atoms with Crippen molar-refractivity contribution in [2.24, 2.45) is 5.92 Å².